The van der Waals surface area contributed by atoms with Crippen LogP contribution in [0.25, 0.3) is 39.0 Å². The van der Waals surface area contributed by atoms with Crippen molar-refractivity contribution in [2.24, 2.45) is 7.05 Å². The number of pyridine rings is 2. The molecule has 0 fully saturated rings. The smallest absolute Gasteiger partial charge is 0.183 e. The van der Waals surface area contributed by atoms with Crippen LogP contribution in [0.5, 0.6) is 0 Å². The Bertz CT molecular complexity index is 1630. The fourth-order valence-corrected chi connectivity index (χ4v) is 3.92. The van der Waals surface area contributed by atoms with Gasteiger partial charge < -0.3 is 5.32 Å². The van der Waals surface area contributed by atoms with Crippen molar-refractivity contribution in [3.8, 4) is 28.2 Å². The van der Waals surface area contributed by atoms with Gasteiger partial charge in [0.1, 0.15) is 12.1 Å². The summed E-state index contributed by atoms with van der Waals surface area (Å²) in [6.07, 6.45) is 9.27. The van der Waals surface area contributed by atoms with Gasteiger partial charge in [0.25, 0.3) is 0 Å². The number of aromatic nitrogens is 7. The summed E-state index contributed by atoms with van der Waals surface area (Å²) >= 11 is 0. The summed E-state index contributed by atoms with van der Waals surface area (Å²) in [7, 11) is 1.92. The van der Waals surface area contributed by atoms with Gasteiger partial charge in [0.05, 0.1) is 11.9 Å². The van der Waals surface area contributed by atoms with E-state index in [0.717, 1.165) is 50.3 Å². The molecule has 170 valence electrons. The summed E-state index contributed by atoms with van der Waals surface area (Å²) in [4.78, 5) is 13.3. The monoisotopic (exact) mass is 458 g/mol. The predicted octanol–water partition coefficient (Wildman–Crippen LogP) is 5.33. The van der Waals surface area contributed by atoms with Gasteiger partial charge >= 0.3 is 0 Å². The van der Waals surface area contributed by atoms with Crippen LogP contribution in [0.15, 0.2) is 91.8 Å². The molecule has 35 heavy (non-hydrogen) atoms. The second kappa shape index (κ2) is 8.49. The highest BCUT2D eigenvalue weighted by atomic mass is 15.3. The van der Waals surface area contributed by atoms with E-state index in [1.807, 2.05) is 73.6 Å². The van der Waals surface area contributed by atoms with Gasteiger partial charge in [0.2, 0.25) is 0 Å². The maximum atomic E-state index is 4.59. The Balaban J connectivity index is 1.21. The van der Waals surface area contributed by atoms with E-state index in [1.54, 1.807) is 17.2 Å². The second-order valence-corrected chi connectivity index (χ2v) is 8.41. The highest BCUT2D eigenvalue weighted by molar-refractivity contribution is 5.88. The van der Waals surface area contributed by atoms with Gasteiger partial charge in [-0.1, -0.05) is 12.1 Å². The molecule has 0 amide bonds. The average Bonchev–Trinajstić information content (AvgIpc) is 3.54. The zero-order chi connectivity index (χ0) is 23.8. The van der Waals surface area contributed by atoms with Crippen LogP contribution in [-0.2, 0) is 7.05 Å². The first kappa shape index (κ1) is 20.7. The Kier molecular flexibility index (Phi) is 5.03. The van der Waals surface area contributed by atoms with Gasteiger partial charge in [0.15, 0.2) is 5.82 Å². The summed E-state index contributed by atoms with van der Waals surface area (Å²) in [5.41, 5.74) is 5.92. The van der Waals surface area contributed by atoms with Crippen LogP contribution in [0.4, 0.5) is 11.5 Å². The third kappa shape index (κ3) is 4.24. The number of nitrogens with zero attached hydrogens (tertiary/aromatic N) is 7. The van der Waals surface area contributed by atoms with Crippen molar-refractivity contribution in [3.05, 3.63) is 97.5 Å². The maximum absolute atomic E-state index is 4.59. The van der Waals surface area contributed by atoms with Crippen LogP contribution in [0.2, 0.25) is 0 Å². The summed E-state index contributed by atoms with van der Waals surface area (Å²) in [6, 6.07) is 20.3. The summed E-state index contributed by atoms with van der Waals surface area (Å²) in [5.74, 6) is 1.43. The third-order valence-corrected chi connectivity index (χ3v) is 5.83. The van der Waals surface area contributed by atoms with Crippen LogP contribution in [0, 0.1) is 6.92 Å². The lowest BCUT2D eigenvalue weighted by Crippen LogP contribution is -1.97. The van der Waals surface area contributed by atoms with E-state index in [9.17, 15) is 0 Å². The van der Waals surface area contributed by atoms with Crippen molar-refractivity contribution >= 4 is 22.3 Å². The Morgan fingerprint density at radius 1 is 0.743 bits per heavy atom. The maximum Gasteiger partial charge on any atom is 0.183 e. The van der Waals surface area contributed by atoms with E-state index >= 15 is 0 Å². The molecule has 0 aliphatic rings. The van der Waals surface area contributed by atoms with Crippen LogP contribution < -0.4 is 5.32 Å². The van der Waals surface area contributed by atoms with Crippen LogP contribution in [0.3, 0.4) is 0 Å². The van der Waals surface area contributed by atoms with E-state index in [4.69, 9.17) is 0 Å². The molecule has 8 nitrogen and oxygen atoms in total. The molecule has 6 rings (SSSR count). The van der Waals surface area contributed by atoms with Crippen molar-refractivity contribution in [2.45, 2.75) is 6.92 Å². The number of aryl methyl sites for hydroxylation is 2. The topological polar surface area (TPSA) is 86.3 Å². The zero-order valence-electron chi connectivity index (χ0n) is 19.3. The lowest BCUT2D eigenvalue weighted by atomic mass is 10.1. The molecule has 4 aromatic heterocycles. The molecular formula is C27H22N8. The van der Waals surface area contributed by atoms with Gasteiger partial charge in [0, 0.05) is 53.5 Å². The summed E-state index contributed by atoms with van der Waals surface area (Å²) < 4.78 is 3.57. The minimum Gasteiger partial charge on any atom is -0.340 e. The van der Waals surface area contributed by atoms with Gasteiger partial charge in [-0.25, -0.2) is 14.6 Å². The molecule has 8 heteroatoms. The predicted molar refractivity (Wildman–Crippen MR) is 137 cm³/mol. The SMILES string of the molecule is Cc1ccc(-c2ncn(-c3ccc(Nc4cc5cc(-c6cnn(C)c6)ccc5cn4)cc3)n2)cn1. The van der Waals surface area contributed by atoms with Gasteiger partial charge in [-0.15, -0.1) is 5.10 Å². The summed E-state index contributed by atoms with van der Waals surface area (Å²) in [5, 5.41) is 14.5. The molecule has 0 bridgehead atoms. The molecule has 0 atom stereocenters. The second-order valence-electron chi connectivity index (χ2n) is 8.41. The molecule has 1 N–H and O–H groups in total. The van der Waals surface area contributed by atoms with Gasteiger partial charge in [-0.2, -0.15) is 5.10 Å². The van der Waals surface area contributed by atoms with Crippen molar-refractivity contribution in [1.82, 2.24) is 34.5 Å². The fraction of sp³-hybridized carbons (Fsp3) is 0.0741. The number of hydrogen-bond donors (Lipinski definition) is 1. The van der Waals surface area contributed by atoms with E-state index in [0.29, 0.717) is 5.82 Å². The van der Waals surface area contributed by atoms with E-state index in [2.05, 4.69) is 54.7 Å². The van der Waals surface area contributed by atoms with E-state index < -0.39 is 0 Å². The first-order valence-electron chi connectivity index (χ1n) is 11.2. The van der Waals surface area contributed by atoms with Crippen molar-refractivity contribution in [2.75, 3.05) is 5.32 Å². The minimum absolute atomic E-state index is 0.644. The van der Waals surface area contributed by atoms with E-state index in [1.165, 1.54) is 0 Å². The molecule has 0 radical (unpaired) electrons. The molecule has 4 heterocycles. The van der Waals surface area contributed by atoms with Crippen molar-refractivity contribution < 1.29 is 0 Å². The van der Waals surface area contributed by atoms with Gasteiger partial charge in [-0.05, 0) is 66.4 Å². The molecule has 0 spiro atoms. The number of benzene rings is 2. The first-order chi connectivity index (χ1) is 17.1. The molecule has 0 saturated carbocycles. The highest BCUT2D eigenvalue weighted by Gasteiger charge is 2.07. The standard InChI is InChI=1S/C27H22N8/c1-18-3-4-21(14-28-18)27-30-17-35(33-27)25-9-7-24(8-10-25)32-26-12-22-11-19(5-6-20(22)13-29-26)23-15-31-34(2)16-23/h3-17H,1-2H3,(H,29,32). The molecule has 0 aliphatic heterocycles. The Morgan fingerprint density at radius 3 is 2.37 bits per heavy atom. The minimum atomic E-state index is 0.644. The molecule has 0 aliphatic carbocycles. The van der Waals surface area contributed by atoms with Crippen LogP contribution in [0.1, 0.15) is 5.69 Å². The first-order valence-corrected chi connectivity index (χ1v) is 11.2. The van der Waals surface area contributed by atoms with Crippen LogP contribution in [-0.4, -0.2) is 34.5 Å². The Hall–Kier alpha value is -4.85. The molecule has 6 aromatic rings. The van der Waals surface area contributed by atoms with E-state index in [-0.39, 0.29) is 0 Å². The van der Waals surface area contributed by atoms with Crippen LogP contribution >= 0.6 is 0 Å². The lowest BCUT2D eigenvalue weighted by Gasteiger charge is -2.09. The fourth-order valence-electron chi connectivity index (χ4n) is 3.92. The number of fused-ring (bicyclic) bond motifs is 1. The Morgan fingerprint density at radius 2 is 1.60 bits per heavy atom. The number of rotatable bonds is 5. The molecular weight excluding hydrogens is 436 g/mol. The average molecular weight is 459 g/mol. The third-order valence-electron chi connectivity index (χ3n) is 5.83. The number of hydrogen-bond acceptors (Lipinski definition) is 6. The summed E-state index contributed by atoms with van der Waals surface area (Å²) in [6.45, 7) is 1.96. The number of nitrogens with one attached hydrogen (secondary N) is 1. The molecule has 2 aromatic carbocycles. The quantitative estimate of drug-likeness (QED) is 0.376. The largest absolute Gasteiger partial charge is 0.340 e. The Labute approximate surface area is 201 Å². The van der Waals surface area contributed by atoms with Gasteiger partial charge in [-0.3, -0.25) is 9.67 Å². The number of anilines is 2. The molecule has 0 saturated heterocycles. The van der Waals surface area contributed by atoms with Crippen molar-refractivity contribution in [3.63, 3.8) is 0 Å². The normalized spacial score (nSPS) is 11.1. The molecule has 0 unspecified atom stereocenters. The zero-order valence-corrected chi connectivity index (χ0v) is 19.3. The van der Waals surface area contributed by atoms with Crippen molar-refractivity contribution in [1.29, 1.82) is 0 Å². The highest BCUT2D eigenvalue weighted by Crippen LogP contribution is 2.26. The lowest BCUT2D eigenvalue weighted by molar-refractivity contribution is 0.768.